The summed E-state index contributed by atoms with van der Waals surface area (Å²) in [6, 6.07) is 10.8. The molecule has 0 saturated carbocycles. The van der Waals surface area contributed by atoms with Crippen LogP contribution in [0.25, 0.3) is 0 Å². The molecule has 0 atom stereocenters. The number of hydrogen-bond acceptors (Lipinski definition) is 6. The Balaban J connectivity index is 2.59. The molecule has 0 heterocycles. The lowest BCUT2D eigenvalue weighted by Gasteiger charge is -2.23. The van der Waals surface area contributed by atoms with Crippen LogP contribution < -0.4 is 18.9 Å². The molecule has 0 N–H and O–H groups in total. The highest BCUT2D eigenvalue weighted by atomic mass is 16.5. The fourth-order valence-electron chi connectivity index (χ4n) is 4.15. The zero-order chi connectivity index (χ0) is 29.3. The normalized spacial score (nSPS) is 11.1. The van der Waals surface area contributed by atoms with Crippen LogP contribution in [0.2, 0.25) is 0 Å². The minimum absolute atomic E-state index is 0.152. The molecule has 0 aliphatic carbocycles. The van der Waals surface area contributed by atoms with Crippen molar-refractivity contribution in [2.45, 2.75) is 92.9 Å². The Kier molecular flexibility index (Phi) is 15.2. The van der Waals surface area contributed by atoms with Gasteiger partial charge in [0, 0.05) is 0 Å². The third-order valence-corrected chi connectivity index (χ3v) is 6.52. The number of carbonyl (C=O) groups excluding carboxylic acids is 2. The van der Waals surface area contributed by atoms with Gasteiger partial charge in [0.2, 0.25) is 0 Å². The van der Waals surface area contributed by atoms with Gasteiger partial charge in [0.1, 0.15) is 40.0 Å². The molecule has 1 radical (unpaired) electrons. The summed E-state index contributed by atoms with van der Waals surface area (Å²) in [4.78, 5) is 28.7. The number of rotatable bonds is 21. The number of unbranched alkanes of at least 4 members (excludes halogenated alkanes) is 4. The summed E-state index contributed by atoms with van der Waals surface area (Å²) >= 11 is 0. The highest BCUT2D eigenvalue weighted by Crippen LogP contribution is 2.39. The summed E-state index contributed by atoms with van der Waals surface area (Å²) < 4.78 is 24.3. The molecular formula is C34H49O6. The largest absolute Gasteiger partial charge is 0.493 e. The van der Waals surface area contributed by atoms with Crippen molar-refractivity contribution in [3.8, 4) is 23.0 Å². The van der Waals surface area contributed by atoms with Crippen molar-refractivity contribution in [3.05, 3.63) is 53.4 Å². The molecule has 6 heteroatoms. The lowest BCUT2D eigenvalue weighted by molar-refractivity contribution is 0.0894. The molecule has 0 aliphatic heterocycles. The van der Waals surface area contributed by atoms with Gasteiger partial charge in [-0.1, -0.05) is 79.4 Å². The first-order chi connectivity index (χ1) is 19.4. The van der Waals surface area contributed by atoms with Gasteiger partial charge in [-0.25, -0.2) is 0 Å². The Morgan fingerprint density at radius 1 is 0.550 bits per heavy atom. The molecule has 6 nitrogen and oxygen atoms in total. The molecule has 221 valence electrons. The van der Waals surface area contributed by atoms with E-state index >= 15 is 0 Å². The Bertz CT molecular complexity index is 909. The van der Waals surface area contributed by atoms with E-state index in [4.69, 9.17) is 18.9 Å². The van der Waals surface area contributed by atoms with Gasteiger partial charge in [0.15, 0.2) is 11.6 Å². The summed E-state index contributed by atoms with van der Waals surface area (Å²) in [5, 5.41) is 0. The number of ketones is 2. The second kappa shape index (κ2) is 18.4. The smallest absolute Gasteiger partial charge is 0.186 e. The fraction of sp³-hybridized carbons (Fsp3) is 0.559. The van der Waals surface area contributed by atoms with Crippen molar-refractivity contribution >= 4 is 11.6 Å². The van der Waals surface area contributed by atoms with Crippen molar-refractivity contribution in [2.24, 2.45) is 5.92 Å². The molecule has 0 unspecified atom stereocenters. The van der Waals surface area contributed by atoms with E-state index in [-0.39, 0.29) is 23.4 Å². The van der Waals surface area contributed by atoms with Crippen LogP contribution in [-0.4, -0.2) is 38.0 Å². The summed E-state index contributed by atoms with van der Waals surface area (Å²) in [6.45, 7) is 14.0. The highest BCUT2D eigenvalue weighted by molar-refractivity contribution is 6.30. The Morgan fingerprint density at radius 3 is 1.05 bits per heavy atom. The standard InChI is InChI=1S/C34H49O6/c1-7-11-21-37-26-17-15-18-27(38-22-12-8-2)31(26)33(35)30(25(5)6)34(36)32-28(39-23-13-9-3)19-16-20-29(32)40-24-14-10-4/h15-20,25H,7-14,21-24H2,1-6H3. The second-order valence-corrected chi connectivity index (χ2v) is 10.3. The van der Waals surface area contributed by atoms with Crippen LogP contribution in [0.5, 0.6) is 23.0 Å². The van der Waals surface area contributed by atoms with Crippen LogP contribution in [0, 0.1) is 11.8 Å². The van der Waals surface area contributed by atoms with Gasteiger partial charge in [-0.3, -0.25) is 9.59 Å². The monoisotopic (exact) mass is 553 g/mol. The maximum Gasteiger partial charge on any atom is 0.186 e. The van der Waals surface area contributed by atoms with Gasteiger partial charge in [-0.05, 0) is 55.9 Å². The highest BCUT2D eigenvalue weighted by Gasteiger charge is 2.38. The average Bonchev–Trinajstić information content (AvgIpc) is 2.93. The summed E-state index contributed by atoms with van der Waals surface area (Å²) in [7, 11) is 0. The van der Waals surface area contributed by atoms with E-state index < -0.39 is 0 Å². The van der Waals surface area contributed by atoms with Gasteiger partial charge >= 0.3 is 0 Å². The predicted molar refractivity (Wildman–Crippen MR) is 161 cm³/mol. The zero-order valence-electron chi connectivity index (χ0n) is 25.5. The molecule has 0 aromatic heterocycles. The van der Waals surface area contributed by atoms with Crippen LogP contribution in [0.3, 0.4) is 0 Å². The molecule has 40 heavy (non-hydrogen) atoms. The van der Waals surface area contributed by atoms with E-state index in [1.807, 2.05) is 26.0 Å². The quantitative estimate of drug-likeness (QED) is 0.0875. The Labute approximate surface area is 241 Å². The molecule has 0 bridgehead atoms. The first-order valence-corrected chi connectivity index (χ1v) is 15.1. The van der Waals surface area contributed by atoms with E-state index in [9.17, 15) is 9.59 Å². The molecule has 0 aliphatic rings. The molecule has 0 amide bonds. The number of ether oxygens (including phenoxy) is 4. The van der Waals surface area contributed by atoms with Gasteiger partial charge in [-0.15, -0.1) is 0 Å². The molecule has 0 fully saturated rings. The average molecular weight is 554 g/mol. The second-order valence-electron chi connectivity index (χ2n) is 10.3. The van der Waals surface area contributed by atoms with Gasteiger partial charge in [0.05, 0.1) is 26.4 Å². The minimum atomic E-state index is -0.388. The summed E-state index contributed by atoms with van der Waals surface area (Å²) in [5.74, 6) is 0.757. The van der Waals surface area contributed by atoms with E-state index in [1.165, 1.54) is 0 Å². The maximum absolute atomic E-state index is 14.4. The molecular weight excluding hydrogens is 504 g/mol. The van der Waals surface area contributed by atoms with Crippen molar-refractivity contribution in [3.63, 3.8) is 0 Å². The van der Waals surface area contributed by atoms with Crippen molar-refractivity contribution in [2.75, 3.05) is 26.4 Å². The SMILES string of the molecule is CCCCOc1cccc(OCCCC)c1C(=O)[C](C(=O)c1c(OCCCC)cccc1OCCCC)C(C)C. The van der Waals surface area contributed by atoms with Crippen LogP contribution in [0.4, 0.5) is 0 Å². The van der Waals surface area contributed by atoms with E-state index in [0.717, 1.165) is 51.4 Å². The van der Waals surface area contributed by atoms with Crippen molar-refractivity contribution in [1.29, 1.82) is 0 Å². The Hall–Kier alpha value is -3.02. The summed E-state index contributed by atoms with van der Waals surface area (Å²) in [5.41, 5.74) is 0.592. The molecule has 0 spiro atoms. The van der Waals surface area contributed by atoms with Gasteiger partial charge in [0.25, 0.3) is 0 Å². The van der Waals surface area contributed by atoms with Crippen LogP contribution >= 0.6 is 0 Å². The van der Waals surface area contributed by atoms with E-state index in [2.05, 4.69) is 27.7 Å². The number of hydrogen-bond donors (Lipinski definition) is 0. The Morgan fingerprint density at radius 2 is 0.825 bits per heavy atom. The lowest BCUT2D eigenvalue weighted by atomic mass is 9.81. The third-order valence-electron chi connectivity index (χ3n) is 6.52. The zero-order valence-corrected chi connectivity index (χ0v) is 25.5. The van der Waals surface area contributed by atoms with Crippen LogP contribution in [0.15, 0.2) is 36.4 Å². The van der Waals surface area contributed by atoms with Crippen molar-refractivity contribution in [1.82, 2.24) is 0 Å². The number of carbonyl (C=O) groups is 2. The number of Topliss-reactive ketones (excluding diaryl/α,β-unsaturated/α-hetero) is 2. The maximum atomic E-state index is 14.4. The van der Waals surface area contributed by atoms with Gasteiger partial charge < -0.3 is 18.9 Å². The van der Waals surface area contributed by atoms with Crippen LogP contribution in [0.1, 0.15) is 114 Å². The van der Waals surface area contributed by atoms with Crippen LogP contribution in [-0.2, 0) is 0 Å². The third kappa shape index (κ3) is 9.57. The molecule has 0 saturated heterocycles. The molecule has 2 aromatic carbocycles. The van der Waals surface area contributed by atoms with Crippen molar-refractivity contribution < 1.29 is 28.5 Å². The van der Waals surface area contributed by atoms with E-state index in [0.29, 0.717) is 60.6 Å². The molecule has 2 rings (SSSR count). The topological polar surface area (TPSA) is 71.1 Å². The minimum Gasteiger partial charge on any atom is -0.493 e. The first-order valence-electron chi connectivity index (χ1n) is 15.1. The first kappa shape index (κ1) is 33.2. The van der Waals surface area contributed by atoms with E-state index in [1.54, 1.807) is 24.3 Å². The summed E-state index contributed by atoms with van der Waals surface area (Å²) in [6.07, 6.45) is 7.29. The molecule has 2 aromatic rings. The lowest BCUT2D eigenvalue weighted by Crippen LogP contribution is -2.29. The van der Waals surface area contributed by atoms with Gasteiger partial charge in [-0.2, -0.15) is 0 Å². The predicted octanol–water partition coefficient (Wildman–Crippen LogP) is 8.70. The number of benzene rings is 2. The fourth-order valence-corrected chi connectivity index (χ4v) is 4.15.